The maximum atomic E-state index is 12.4. The molecule has 0 aromatic heterocycles. The standard InChI is InChI=1S/C16H25N3O3S2/c1-23-11-8-15(17)16(20)18-12-13-4-6-14(7-5-13)24(21,22)19-9-2-3-10-19/h4-7,15H,2-3,8-12,17H2,1H3,(H,18,20)/t15-/m0/s1. The van der Waals surface area contributed by atoms with E-state index in [1.165, 1.54) is 4.31 Å². The summed E-state index contributed by atoms with van der Waals surface area (Å²) in [5.74, 6) is 0.662. The molecule has 134 valence electrons. The van der Waals surface area contributed by atoms with E-state index in [0.717, 1.165) is 24.2 Å². The van der Waals surface area contributed by atoms with Crippen LogP contribution in [0.1, 0.15) is 24.8 Å². The Morgan fingerprint density at radius 1 is 1.29 bits per heavy atom. The Morgan fingerprint density at radius 2 is 1.92 bits per heavy atom. The molecule has 0 bridgehead atoms. The normalized spacial score (nSPS) is 16.9. The van der Waals surface area contributed by atoms with Gasteiger partial charge in [0.25, 0.3) is 0 Å². The summed E-state index contributed by atoms with van der Waals surface area (Å²) in [5.41, 5.74) is 6.66. The van der Waals surface area contributed by atoms with Gasteiger partial charge in [-0.25, -0.2) is 8.42 Å². The molecule has 3 N–H and O–H groups in total. The van der Waals surface area contributed by atoms with E-state index in [0.29, 0.717) is 31.0 Å². The lowest BCUT2D eigenvalue weighted by atomic mass is 10.2. The molecule has 8 heteroatoms. The van der Waals surface area contributed by atoms with Crippen LogP contribution in [0.3, 0.4) is 0 Å². The molecule has 1 aromatic rings. The summed E-state index contributed by atoms with van der Waals surface area (Å²) in [5, 5.41) is 2.79. The fraction of sp³-hybridized carbons (Fsp3) is 0.562. The average Bonchev–Trinajstić information content (AvgIpc) is 3.13. The summed E-state index contributed by atoms with van der Waals surface area (Å²) in [7, 11) is -3.39. The van der Waals surface area contributed by atoms with Crippen LogP contribution >= 0.6 is 11.8 Å². The monoisotopic (exact) mass is 371 g/mol. The predicted octanol–water partition coefficient (Wildman–Crippen LogP) is 1.17. The van der Waals surface area contributed by atoms with Crippen LogP contribution in [0.25, 0.3) is 0 Å². The molecule has 0 aliphatic carbocycles. The molecule has 1 aliphatic rings. The van der Waals surface area contributed by atoms with Gasteiger partial charge in [-0.3, -0.25) is 4.79 Å². The van der Waals surface area contributed by atoms with Gasteiger partial charge in [-0.05, 0) is 49.0 Å². The Kier molecular flexibility index (Phi) is 7.09. The van der Waals surface area contributed by atoms with E-state index in [2.05, 4.69) is 5.32 Å². The summed E-state index contributed by atoms with van der Waals surface area (Å²) >= 11 is 1.66. The minimum atomic E-state index is -3.39. The van der Waals surface area contributed by atoms with Crippen LogP contribution in [-0.4, -0.2) is 49.8 Å². The zero-order valence-electron chi connectivity index (χ0n) is 13.9. The van der Waals surface area contributed by atoms with E-state index in [1.807, 2.05) is 6.26 Å². The molecule has 24 heavy (non-hydrogen) atoms. The number of thioether (sulfide) groups is 1. The zero-order chi connectivity index (χ0) is 17.6. The molecule has 1 saturated heterocycles. The summed E-state index contributed by atoms with van der Waals surface area (Å²) in [6, 6.07) is 6.16. The number of hydrogen-bond donors (Lipinski definition) is 2. The third-order valence-electron chi connectivity index (χ3n) is 4.06. The number of rotatable bonds is 8. The largest absolute Gasteiger partial charge is 0.351 e. The molecule has 1 atom stereocenters. The van der Waals surface area contributed by atoms with Crippen molar-refractivity contribution >= 4 is 27.7 Å². The van der Waals surface area contributed by atoms with Crippen LogP contribution in [0.15, 0.2) is 29.2 Å². The zero-order valence-corrected chi connectivity index (χ0v) is 15.5. The van der Waals surface area contributed by atoms with Gasteiger partial charge in [0.2, 0.25) is 15.9 Å². The number of carbonyl (C=O) groups is 1. The molecule has 0 saturated carbocycles. The van der Waals surface area contributed by atoms with Crippen LogP contribution in [0.4, 0.5) is 0 Å². The van der Waals surface area contributed by atoms with Crippen LogP contribution in [-0.2, 0) is 21.4 Å². The molecular weight excluding hydrogens is 346 g/mol. The van der Waals surface area contributed by atoms with E-state index >= 15 is 0 Å². The van der Waals surface area contributed by atoms with Crippen molar-refractivity contribution in [3.63, 3.8) is 0 Å². The smallest absolute Gasteiger partial charge is 0.243 e. The number of hydrogen-bond acceptors (Lipinski definition) is 5. The molecule has 6 nitrogen and oxygen atoms in total. The van der Waals surface area contributed by atoms with Gasteiger partial charge >= 0.3 is 0 Å². The number of nitrogens with two attached hydrogens (primary N) is 1. The van der Waals surface area contributed by atoms with Gasteiger partial charge < -0.3 is 11.1 Å². The molecular formula is C16H25N3O3S2. The molecule has 1 amide bonds. The molecule has 1 heterocycles. The molecule has 1 aromatic carbocycles. The molecule has 1 aliphatic heterocycles. The highest BCUT2D eigenvalue weighted by Gasteiger charge is 2.26. The SMILES string of the molecule is CSCC[C@H](N)C(=O)NCc1ccc(S(=O)(=O)N2CCCC2)cc1. The van der Waals surface area contributed by atoms with Crippen molar-refractivity contribution in [1.29, 1.82) is 0 Å². The lowest BCUT2D eigenvalue weighted by molar-refractivity contribution is -0.122. The van der Waals surface area contributed by atoms with Gasteiger partial charge in [-0.1, -0.05) is 12.1 Å². The number of benzene rings is 1. The number of nitrogens with one attached hydrogen (secondary N) is 1. The molecule has 2 rings (SSSR count). The van der Waals surface area contributed by atoms with Gasteiger partial charge in [0, 0.05) is 19.6 Å². The lowest BCUT2D eigenvalue weighted by Gasteiger charge is -2.16. The van der Waals surface area contributed by atoms with Gasteiger partial charge in [0.15, 0.2) is 0 Å². The second-order valence-electron chi connectivity index (χ2n) is 5.86. The minimum Gasteiger partial charge on any atom is -0.351 e. The summed E-state index contributed by atoms with van der Waals surface area (Å²) in [6.45, 7) is 1.53. The summed E-state index contributed by atoms with van der Waals surface area (Å²) < 4.78 is 26.4. The first kappa shape index (κ1) is 19.2. The third kappa shape index (κ3) is 4.95. The van der Waals surface area contributed by atoms with E-state index in [1.54, 1.807) is 36.0 Å². The fourth-order valence-corrected chi connectivity index (χ4v) is 4.56. The Morgan fingerprint density at radius 3 is 2.50 bits per heavy atom. The number of sulfonamides is 1. The first-order chi connectivity index (χ1) is 11.4. The second-order valence-corrected chi connectivity index (χ2v) is 8.78. The van der Waals surface area contributed by atoms with Gasteiger partial charge in [-0.15, -0.1) is 0 Å². The first-order valence-corrected chi connectivity index (χ1v) is 10.9. The number of carbonyl (C=O) groups excluding carboxylic acids is 1. The van der Waals surface area contributed by atoms with Gasteiger partial charge in [-0.2, -0.15) is 16.1 Å². The van der Waals surface area contributed by atoms with E-state index < -0.39 is 16.1 Å². The quantitative estimate of drug-likeness (QED) is 0.715. The Labute approximate surface area is 148 Å². The van der Waals surface area contributed by atoms with E-state index in [9.17, 15) is 13.2 Å². The van der Waals surface area contributed by atoms with Gasteiger partial charge in [0.05, 0.1) is 10.9 Å². The Hall–Kier alpha value is -1.09. The highest BCUT2D eigenvalue weighted by molar-refractivity contribution is 7.98. The minimum absolute atomic E-state index is 0.183. The first-order valence-electron chi connectivity index (χ1n) is 8.06. The van der Waals surface area contributed by atoms with Crippen LogP contribution < -0.4 is 11.1 Å². The van der Waals surface area contributed by atoms with Crippen molar-refractivity contribution in [3.05, 3.63) is 29.8 Å². The van der Waals surface area contributed by atoms with Crippen molar-refractivity contribution < 1.29 is 13.2 Å². The Bertz CT molecular complexity index is 641. The van der Waals surface area contributed by atoms with Crippen molar-refractivity contribution in [2.45, 2.75) is 36.7 Å². The molecule has 0 radical (unpaired) electrons. The number of amides is 1. The maximum absolute atomic E-state index is 12.4. The maximum Gasteiger partial charge on any atom is 0.243 e. The van der Waals surface area contributed by atoms with Crippen molar-refractivity contribution in [3.8, 4) is 0 Å². The van der Waals surface area contributed by atoms with E-state index in [4.69, 9.17) is 5.73 Å². The van der Waals surface area contributed by atoms with Crippen molar-refractivity contribution in [2.24, 2.45) is 5.73 Å². The summed E-state index contributed by atoms with van der Waals surface area (Å²) in [6.07, 6.45) is 4.45. The summed E-state index contributed by atoms with van der Waals surface area (Å²) in [4.78, 5) is 12.2. The van der Waals surface area contributed by atoms with E-state index in [-0.39, 0.29) is 5.91 Å². The topological polar surface area (TPSA) is 92.5 Å². The molecule has 0 spiro atoms. The average molecular weight is 372 g/mol. The molecule has 1 fully saturated rings. The van der Waals surface area contributed by atoms with Crippen LogP contribution in [0, 0.1) is 0 Å². The fourth-order valence-electron chi connectivity index (χ4n) is 2.55. The lowest BCUT2D eigenvalue weighted by Crippen LogP contribution is -2.40. The predicted molar refractivity (Wildman–Crippen MR) is 97.3 cm³/mol. The number of nitrogens with zero attached hydrogens (tertiary/aromatic N) is 1. The second kappa shape index (κ2) is 8.84. The molecule has 0 unspecified atom stereocenters. The highest BCUT2D eigenvalue weighted by Crippen LogP contribution is 2.21. The third-order valence-corrected chi connectivity index (χ3v) is 6.62. The van der Waals surface area contributed by atoms with Gasteiger partial charge in [0.1, 0.15) is 0 Å². The van der Waals surface area contributed by atoms with Crippen LogP contribution in [0.2, 0.25) is 0 Å². The van der Waals surface area contributed by atoms with Crippen molar-refractivity contribution in [2.75, 3.05) is 25.1 Å². The Balaban J connectivity index is 1.91. The van der Waals surface area contributed by atoms with Crippen LogP contribution in [0.5, 0.6) is 0 Å². The highest BCUT2D eigenvalue weighted by atomic mass is 32.2. The van der Waals surface area contributed by atoms with Crippen molar-refractivity contribution in [1.82, 2.24) is 9.62 Å².